The first kappa shape index (κ1) is 14.7. The van der Waals surface area contributed by atoms with Gasteiger partial charge in [0.2, 0.25) is 11.6 Å². The van der Waals surface area contributed by atoms with Gasteiger partial charge >= 0.3 is 5.69 Å². The molecule has 1 aromatic heterocycles. The van der Waals surface area contributed by atoms with Crippen LogP contribution in [-0.4, -0.2) is 21.4 Å². The molecule has 21 heavy (non-hydrogen) atoms. The maximum atomic E-state index is 11.2. The predicted octanol–water partition coefficient (Wildman–Crippen LogP) is 3.23. The molecule has 0 radical (unpaired) electrons. The van der Waals surface area contributed by atoms with Crippen LogP contribution in [0.15, 0.2) is 24.5 Å². The van der Waals surface area contributed by atoms with Gasteiger partial charge in [0, 0.05) is 12.1 Å². The van der Waals surface area contributed by atoms with Crippen molar-refractivity contribution in [2.45, 2.75) is 20.8 Å². The molecule has 0 saturated carbocycles. The third-order valence-corrected chi connectivity index (χ3v) is 2.97. The Morgan fingerprint density at radius 2 is 2.10 bits per heavy atom. The summed E-state index contributed by atoms with van der Waals surface area (Å²) < 4.78 is 5.64. The number of anilines is 1. The van der Waals surface area contributed by atoms with E-state index in [1.807, 2.05) is 6.92 Å². The van der Waals surface area contributed by atoms with Crippen LogP contribution in [0.5, 0.6) is 11.6 Å². The first-order valence-corrected chi connectivity index (χ1v) is 6.52. The van der Waals surface area contributed by atoms with Crippen molar-refractivity contribution < 1.29 is 9.66 Å². The number of para-hydroxylation sites is 1. The Hall–Kier alpha value is -2.70. The lowest BCUT2D eigenvalue weighted by Gasteiger charge is -2.11. The average Bonchev–Trinajstić information content (AvgIpc) is 2.43. The van der Waals surface area contributed by atoms with E-state index in [1.54, 1.807) is 32.0 Å². The minimum Gasteiger partial charge on any atom is -0.431 e. The first-order valence-electron chi connectivity index (χ1n) is 6.52. The molecule has 0 fully saturated rings. The molecule has 7 heteroatoms. The minimum absolute atomic E-state index is 0.0551. The van der Waals surface area contributed by atoms with Gasteiger partial charge < -0.3 is 10.1 Å². The summed E-state index contributed by atoms with van der Waals surface area (Å²) in [7, 11) is 0. The standard InChI is InChI=1S/C14H16N4O3/c1-4-15-13-10(3)14(17-8-16-13)21-11-7-5-6-9(2)12(11)18(19)20/h5-8H,4H2,1-3H3,(H,15,16,17). The second kappa shape index (κ2) is 6.17. The first-order chi connectivity index (χ1) is 10.0. The summed E-state index contributed by atoms with van der Waals surface area (Å²) in [6.45, 7) is 6.13. The number of hydrogen-bond donors (Lipinski definition) is 1. The summed E-state index contributed by atoms with van der Waals surface area (Å²) in [5.74, 6) is 1.12. The van der Waals surface area contributed by atoms with Crippen molar-refractivity contribution in [2.75, 3.05) is 11.9 Å². The molecule has 0 saturated heterocycles. The maximum absolute atomic E-state index is 11.2. The van der Waals surface area contributed by atoms with E-state index in [0.717, 1.165) is 0 Å². The molecule has 0 aliphatic carbocycles. The number of nitro benzene ring substituents is 1. The van der Waals surface area contributed by atoms with E-state index in [4.69, 9.17) is 4.74 Å². The van der Waals surface area contributed by atoms with E-state index in [0.29, 0.717) is 29.4 Å². The van der Waals surface area contributed by atoms with Crippen molar-refractivity contribution in [3.8, 4) is 11.6 Å². The van der Waals surface area contributed by atoms with Gasteiger partial charge in [-0.1, -0.05) is 12.1 Å². The summed E-state index contributed by atoms with van der Waals surface area (Å²) in [6, 6.07) is 4.93. The molecule has 110 valence electrons. The fourth-order valence-electron chi connectivity index (χ4n) is 1.94. The molecular formula is C14H16N4O3. The quantitative estimate of drug-likeness (QED) is 0.671. The number of nitrogens with one attached hydrogen (secondary N) is 1. The van der Waals surface area contributed by atoms with E-state index >= 15 is 0 Å². The monoisotopic (exact) mass is 288 g/mol. The van der Waals surface area contributed by atoms with Crippen LogP contribution in [-0.2, 0) is 0 Å². The molecule has 0 amide bonds. The molecule has 1 N–H and O–H groups in total. The lowest BCUT2D eigenvalue weighted by atomic mass is 10.2. The van der Waals surface area contributed by atoms with Gasteiger partial charge in [0.1, 0.15) is 12.1 Å². The van der Waals surface area contributed by atoms with E-state index in [2.05, 4.69) is 15.3 Å². The van der Waals surface area contributed by atoms with E-state index in [1.165, 1.54) is 6.33 Å². The van der Waals surface area contributed by atoms with Crippen LogP contribution in [0.3, 0.4) is 0 Å². The second-order valence-electron chi connectivity index (χ2n) is 4.46. The van der Waals surface area contributed by atoms with Gasteiger partial charge in [-0.05, 0) is 26.8 Å². The van der Waals surface area contributed by atoms with Crippen LogP contribution < -0.4 is 10.1 Å². The third-order valence-electron chi connectivity index (χ3n) is 2.97. The molecule has 0 atom stereocenters. The maximum Gasteiger partial charge on any atom is 0.314 e. The second-order valence-corrected chi connectivity index (χ2v) is 4.46. The Bertz CT molecular complexity index is 673. The molecule has 7 nitrogen and oxygen atoms in total. The number of rotatable bonds is 5. The zero-order valence-electron chi connectivity index (χ0n) is 12.1. The van der Waals surface area contributed by atoms with Crippen molar-refractivity contribution in [1.29, 1.82) is 0 Å². The Morgan fingerprint density at radius 1 is 1.33 bits per heavy atom. The van der Waals surface area contributed by atoms with Gasteiger partial charge in [-0.3, -0.25) is 10.1 Å². The van der Waals surface area contributed by atoms with Gasteiger partial charge in [0.15, 0.2) is 0 Å². The number of ether oxygens (including phenoxy) is 1. The van der Waals surface area contributed by atoms with Crippen LogP contribution in [0.25, 0.3) is 0 Å². The molecule has 1 heterocycles. The number of aromatic nitrogens is 2. The Balaban J connectivity index is 2.42. The molecule has 2 aromatic rings. The summed E-state index contributed by atoms with van der Waals surface area (Å²) in [5.41, 5.74) is 1.19. The van der Waals surface area contributed by atoms with Gasteiger partial charge in [-0.25, -0.2) is 9.97 Å². The Morgan fingerprint density at radius 3 is 2.76 bits per heavy atom. The van der Waals surface area contributed by atoms with Crippen molar-refractivity contribution in [2.24, 2.45) is 0 Å². The largest absolute Gasteiger partial charge is 0.431 e. The van der Waals surface area contributed by atoms with Crippen LogP contribution in [0.4, 0.5) is 11.5 Å². The number of nitro groups is 1. The third kappa shape index (κ3) is 3.07. The van der Waals surface area contributed by atoms with Crippen LogP contribution in [0.1, 0.15) is 18.1 Å². The molecule has 0 aliphatic rings. The molecule has 0 unspecified atom stereocenters. The summed E-state index contributed by atoms with van der Waals surface area (Å²) in [6.07, 6.45) is 1.36. The molecule has 0 spiro atoms. The SMILES string of the molecule is CCNc1ncnc(Oc2cccc(C)c2[N+](=O)[O-])c1C. The lowest BCUT2D eigenvalue weighted by molar-refractivity contribution is -0.386. The van der Waals surface area contributed by atoms with E-state index in [-0.39, 0.29) is 11.4 Å². The fraction of sp³-hybridized carbons (Fsp3) is 0.286. The van der Waals surface area contributed by atoms with E-state index < -0.39 is 4.92 Å². The minimum atomic E-state index is -0.452. The van der Waals surface area contributed by atoms with Gasteiger partial charge in [0.05, 0.1) is 10.5 Å². The highest BCUT2D eigenvalue weighted by Crippen LogP contribution is 2.34. The van der Waals surface area contributed by atoms with Crippen molar-refractivity contribution >= 4 is 11.5 Å². The number of nitrogens with zero attached hydrogens (tertiary/aromatic N) is 3. The van der Waals surface area contributed by atoms with Crippen molar-refractivity contribution in [1.82, 2.24) is 9.97 Å². The molecule has 1 aromatic carbocycles. The van der Waals surface area contributed by atoms with Crippen LogP contribution in [0.2, 0.25) is 0 Å². The highest BCUT2D eigenvalue weighted by Gasteiger charge is 2.20. The number of aryl methyl sites for hydroxylation is 1. The molecule has 0 aliphatic heterocycles. The molecule has 2 rings (SSSR count). The van der Waals surface area contributed by atoms with E-state index in [9.17, 15) is 10.1 Å². The predicted molar refractivity (Wildman–Crippen MR) is 78.8 cm³/mol. The van der Waals surface area contributed by atoms with Crippen LogP contribution in [0, 0.1) is 24.0 Å². The highest BCUT2D eigenvalue weighted by molar-refractivity contribution is 5.55. The van der Waals surface area contributed by atoms with Gasteiger partial charge in [0.25, 0.3) is 0 Å². The fourth-order valence-corrected chi connectivity index (χ4v) is 1.94. The number of benzene rings is 1. The molecule has 0 bridgehead atoms. The highest BCUT2D eigenvalue weighted by atomic mass is 16.6. The smallest absolute Gasteiger partial charge is 0.314 e. The zero-order valence-corrected chi connectivity index (χ0v) is 12.1. The average molecular weight is 288 g/mol. The summed E-state index contributed by atoms with van der Waals surface area (Å²) in [5, 5.41) is 14.3. The topological polar surface area (TPSA) is 90.2 Å². The Kier molecular flexibility index (Phi) is 4.32. The lowest BCUT2D eigenvalue weighted by Crippen LogP contribution is -2.04. The van der Waals surface area contributed by atoms with Crippen molar-refractivity contribution in [3.05, 3.63) is 45.8 Å². The Labute approximate surface area is 122 Å². The van der Waals surface area contributed by atoms with Crippen LogP contribution >= 0.6 is 0 Å². The molecular weight excluding hydrogens is 272 g/mol. The zero-order chi connectivity index (χ0) is 15.4. The summed E-state index contributed by atoms with van der Waals surface area (Å²) in [4.78, 5) is 18.9. The van der Waals surface area contributed by atoms with Gasteiger partial charge in [-0.2, -0.15) is 0 Å². The normalized spacial score (nSPS) is 10.2. The van der Waals surface area contributed by atoms with Gasteiger partial charge in [-0.15, -0.1) is 0 Å². The summed E-state index contributed by atoms with van der Waals surface area (Å²) >= 11 is 0. The van der Waals surface area contributed by atoms with Crippen molar-refractivity contribution in [3.63, 3.8) is 0 Å². The number of hydrogen-bond acceptors (Lipinski definition) is 6.